The Morgan fingerprint density at radius 2 is 1.76 bits per heavy atom. The maximum Gasteiger partial charge on any atom is 0.323 e. The number of nitrogens with one attached hydrogen (secondary N) is 1. The minimum absolute atomic E-state index is 0.235. The van der Waals surface area contributed by atoms with Gasteiger partial charge >= 0.3 is 5.97 Å². The van der Waals surface area contributed by atoms with Gasteiger partial charge in [0.15, 0.2) is 0 Å². The predicted octanol–water partition coefficient (Wildman–Crippen LogP) is 4.38. The number of ether oxygens (including phenoxy) is 3. The number of carbonyl (C=O) groups excluding carboxylic acids is 1. The van der Waals surface area contributed by atoms with Gasteiger partial charge in [-0.3, -0.25) is 4.79 Å². The van der Waals surface area contributed by atoms with Crippen LogP contribution in [0.1, 0.15) is 16.8 Å². The summed E-state index contributed by atoms with van der Waals surface area (Å²) < 4.78 is 17.4. The fourth-order valence-corrected chi connectivity index (χ4v) is 4.49. The molecule has 0 saturated carbocycles. The molecule has 7 heteroatoms. The van der Waals surface area contributed by atoms with E-state index < -0.39 is 18.1 Å². The number of carbonyl (C=O) groups is 1. The SMILES string of the molecule is COc1cccc(CCc2ccccc2OCC(CN(C)C)OC(=O)[C@@H](N)Cc2cc3ccccc3[nH]2)c1. The summed E-state index contributed by atoms with van der Waals surface area (Å²) in [5.74, 6) is 1.20. The van der Waals surface area contributed by atoms with Crippen LogP contribution in [-0.4, -0.2) is 62.4 Å². The van der Waals surface area contributed by atoms with Gasteiger partial charge in [-0.25, -0.2) is 0 Å². The van der Waals surface area contributed by atoms with E-state index in [1.807, 2.05) is 79.7 Å². The summed E-state index contributed by atoms with van der Waals surface area (Å²) in [7, 11) is 5.55. The summed E-state index contributed by atoms with van der Waals surface area (Å²) in [5, 5.41) is 1.09. The maximum atomic E-state index is 12.9. The van der Waals surface area contributed by atoms with Gasteiger partial charge in [-0.1, -0.05) is 48.5 Å². The van der Waals surface area contributed by atoms with Gasteiger partial charge in [0.1, 0.15) is 30.3 Å². The van der Waals surface area contributed by atoms with Crippen molar-refractivity contribution in [3.05, 3.63) is 95.7 Å². The fraction of sp³-hybridized carbons (Fsp3) is 0.323. The molecule has 1 heterocycles. The van der Waals surface area contributed by atoms with Crippen molar-refractivity contribution < 1.29 is 19.0 Å². The van der Waals surface area contributed by atoms with Crippen molar-refractivity contribution in [2.75, 3.05) is 34.4 Å². The molecule has 0 spiro atoms. The van der Waals surface area contributed by atoms with Crippen LogP contribution in [0.2, 0.25) is 0 Å². The third-order valence-corrected chi connectivity index (χ3v) is 6.39. The van der Waals surface area contributed by atoms with Crippen LogP contribution in [0.4, 0.5) is 0 Å². The van der Waals surface area contributed by atoms with Gasteiger partial charge in [-0.2, -0.15) is 0 Å². The number of para-hydroxylation sites is 2. The number of aryl methyl sites for hydroxylation is 2. The second-order valence-corrected chi connectivity index (χ2v) is 9.78. The van der Waals surface area contributed by atoms with Gasteiger partial charge in [0.05, 0.1) is 7.11 Å². The first-order valence-corrected chi connectivity index (χ1v) is 12.9. The number of likely N-dealkylation sites (N-methyl/N-ethyl adjacent to an activating group) is 1. The molecule has 0 radical (unpaired) electrons. The maximum absolute atomic E-state index is 12.9. The number of aromatic amines is 1. The molecule has 4 rings (SSSR count). The smallest absolute Gasteiger partial charge is 0.323 e. The number of nitrogens with two attached hydrogens (primary N) is 1. The van der Waals surface area contributed by atoms with Gasteiger partial charge in [0.25, 0.3) is 0 Å². The Bertz CT molecular complexity index is 1300. The van der Waals surface area contributed by atoms with Crippen LogP contribution in [0, 0.1) is 0 Å². The van der Waals surface area contributed by atoms with Crippen molar-refractivity contribution in [2.24, 2.45) is 5.73 Å². The Labute approximate surface area is 224 Å². The zero-order chi connectivity index (χ0) is 26.9. The van der Waals surface area contributed by atoms with Gasteiger partial charge in [-0.05, 0) is 73.8 Å². The molecule has 1 aromatic heterocycles. The predicted molar refractivity (Wildman–Crippen MR) is 151 cm³/mol. The van der Waals surface area contributed by atoms with Gasteiger partial charge in [0.2, 0.25) is 0 Å². The zero-order valence-electron chi connectivity index (χ0n) is 22.4. The summed E-state index contributed by atoms with van der Waals surface area (Å²) in [6.45, 7) is 0.760. The largest absolute Gasteiger partial charge is 0.497 e. The van der Waals surface area contributed by atoms with Crippen molar-refractivity contribution in [3.63, 3.8) is 0 Å². The Balaban J connectivity index is 1.35. The average molecular weight is 516 g/mol. The standard InChI is InChI=1S/C31H37N3O4/c1-34(2)20-27(38-31(35)28(32)19-25-18-24-11-4-6-13-29(24)33-25)21-37-30-14-7-5-10-23(30)16-15-22-9-8-12-26(17-22)36-3/h4-14,17-18,27-28,33H,15-16,19-21,32H2,1-3H3/t27?,28-/m0/s1. The molecule has 0 saturated heterocycles. The summed E-state index contributed by atoms with van der Waals surface area (Å²) in [6.07, 6.45) is 1.58. The Kier molecular flexibility index (Phi) is 9.40. The third-order valence-electron chi connectivity index (χ3n) is 6.39. The van der Waals surface area contributed by atoms with Crippen molar-refractivity contribution in [1.82, 2.24) is 9.88 Å². The molecule has 38 heavy (non-hydrogen) atoms. The molecule has 0 bridgehead atoms. The first-order valence-electron chi connectivity index (χ1n) is 12.9. The van der Waals surface area contributed by atoms with E-state index >= 15 is 0 Å². The normalized spacial score (nSPS) is 12.9. The van der Waals surface area contributed by atoms with Crippen molar-refractivity contribution >= 4 is 16.9 Å². The molecule has 2 atom stereocenters. The number of rotatable bonds is 13. The summed E-state index contributed by atoms with van der Waals surface area (Å²) in [4.78, 5) is 18.2. The highest BCUT2D eigenvalue weighted by Gasteiger charge is 2.23. The van der Waals surface area contributed by atoms with E-state index in [-0.39, 0.29) is 6.61 Å². The highest BCUT2D eigenvalue weighted by atomic mass is 16.6. The molecule has 3 aromatic carbocycles. The number of hydrogen-bond donors (Lipinski definition) is 2. The van der Waals surface area contributed by atoms with E-state index in [1.54, 1.807) is 7.11 Å². The molecule has 0 aliphatic rings. The van der Waals surface area contributed by atoms with Crippen LogP contribution in [-0.2, 0) is 28.8 Å². The molecule has 0 fully saturated rings. The first kappa shape index (κ1) is 27.2. The second kappa shape index (κ2) is 13.1. The van der Waals surface area contributed by atoms with E-state index in [0.717, 1.165) is 46.5 Å². The lowest BCUT2D eigenvalue weighted by Crippen LogP contribution is -2.41. The van der Waals surface area contributed by atoms with E-state index in [2.05, 4.69) is 23.2 Å². The minimum atomic E-state index is -0.775. The van der Waals surface area contributed by atoms with Crippen molar-refractivity contribution in [2.45, 2.75) is 31.4 Å². The number of H-pyrrole nitrogens is 1. The molecule has 0 aliphatic carbocycles. The van der Waals surface area contributed by atoms with Crippen LogP contribution in [0.25, 0.3) is 10.9 Å². The molecular weight excluding hydrogens is 478 g/mol. The van der Waals surface area contributed by atoms with Crippen LogP contribution in [0.15, 0.2) is 78.9 Å². The number of methoxy groups -OCH3 is 1. The van der Waals surface area contributed by atoms with Crippen LogP contribution in [0.5, 0.6) is 11.5 Å². The second-order valence-electron chi connectivity index (χ2n) is 9.78. The van der Waals surface area contributed by atoms with E-state index in [4.69, 9.17) is 19.9 Å². The van der Waals surface area contributed by atoms with Gasteiger partial charge < -0.3 is 29.8 Å². The number of benzene rings is 3. The molecule has 7 nitrogen and oxygen atoms in total. The van der Waals surface area contributed by atoms with Crippen LogP contribution < -0.4 is 15.2 Å². The number of esters is 1. The number of nitrogens with zero attached hydrogens (tertiary/aromatic N) is 1. The number of hydrogen-bond acceptors (Lipinski definition) is 6. The molecule has 1 unspecified atom stereocenters. The van der Waals surface area contributed by atoms with Crippen molar-refractivity contribution in [1.29, 1.82) is 0 Å². The molecular formula is C31H37N3O4. The van der Waals surface area contributed by atoms with E-state index in [9.17, 15) is 4.79 Å². The molecule has 0 aliphatic heterocycles. The Morgan fingerprint density at radius 1 is 0.974 bits per heavy atom. The van der Waals surface area contributed by atoms with Crippen molar-refractivity contribution in [3.8, 4) is 11.5 Å². The Morgan fingerprint density at radius 3 is 2.55 bits per heavy atom. The summed E-state index contributed by atoms with van der Waals surface area (Å²) >= 11 is 0. The monoisotopic (exact) mass is 515 g/mol. The highest BCUT2D eigenvalue weighted by molar-refractivity contribution is 5.81. The summed E-state index contributed by atoms with van der Waals surface area (Å²) in [6, 6.07) is 25.3. The van der Waals surface area contributed by atoms with Crippen LogP contribution >= 0.6 is 0 Å². The number of fused-ring (bicyclic) bond motifs is 1. The lowest BCUT2D eigenvalue weighted by molar-refractivity contribution is -0.152. The topological polar surface area (TPSA) is 89.8 Å². The van der Waals surface area contributed by atoms with Gasteiger partial charge in [0, 0.05) is 24.2 Å². The molecule has 0 amide bonds. The van der Waals surface area contributed by atoms with Gasteiger partial charge in [-0.15, -0.1) is 0 Å². The Hall–Kier alpha value is -3.81. The molecule has 3 N–H and O–H groups in total. The third kappa shape index (κ3) is 7.60. The van der Waals surface area contributed by atoms with E-state index in [1.165, 1.54) is 5.56 Å². The fourth-order valence-electron chi connectivity index (χ4n) is 4.49. The highest BCUT2D eigenvalue weighted by Crippen LogP contribution is 2.22. The average Bonchev–Trinajstić information content (AvgIpc) is 3.33. The first-order chi connectivity index (χ1) is 18.4. The molecule has 4 aromatic rings. The van der Waals surface area contributed by atoms with Crippen LogP contribution in [0.3, 0.4) is 0 Å². The lowest BCUT2D eigenvalue weighted by atomic mass is 10.0. The lowest BCUT2D eigenvalue weighted by Gasteiger charge is -2.24. The van der Waals surface area contributed by atoms with E-state index in [0.29, 0.717) is 13.0 Å². The zero-order valence-corrected chi connectivity index (χ0v) is 22.4. The summed E-state index contributed by atoms with van der Waals surface area (Å²) in [5.41, 5.74) is 10.5. The number of aromatic nitrogens is 1. The quantitative estimate of drug-likeness (QED) is 0.257. The molecule has 200 valence electrons. The minimum Gasteiger partial charge on any atom is -0.497 e.